The Hall–Kier alpha value is -2.05. The molecule has 1 heterocycles. The van der Waals surface area contributed by atoms with E-state index in [2.05, 4.69) is 22.4 Å². The number of carbonyl (C=O) groups is 2. The van der Waals surface area contributed by atoms with Crippen molar-refractivity contribution in [3.8, 4) is 0 Å². The van der Waals surface area contributed by atoms with E-state index >= 15 is 0 Å². The predicted molar refractivity (Wildman–Crippen MR) is 108 cm³/mol. The maximum Gasteiger partial charge on any atom is 0.321 e. The standard InChI is InChI=1S/C21H28N2O3S/c1-13(2)10-17(14(3)24)23-19(21(25)26)12-18-20(27-15(4)22-18)11-16-8-6-5-7-9-16/h5-9,13,17,19,23H,10-12H2,1-4H3,(H,25,26). The molecule has 0 aliphatic heterocycles. The van der Waals surface area contributed by atoms with E-state index in [1.165, 1.54) is 12.5 Å². The Morgan fingerprint density at radius 2 is 1.85 bits per heavy atom. The van der Waals surface area contributed by atoms with Crippen LogP contribution in [0.4, 0.5) is 0 Å². The Bertz CT molecular complexity index is 771. The average Bonchev–Trinajstić information content (AvgIpc) is 2.92. The van der Waals surface area contributed by atoms with Crippen molar-refractivity contribution in [3.05, 3.63) is 51.5 Å². The highest BCUT2D eigenvalue weighted by Crippen LogP contribution is 2.23. The Kier molecular flexibility index (Phi) is 7.68. The molecular weight excluding hydrogens is 360 g/mol. The van der Waals surface area contributed by atoms with Gasteiger partial charge in [0.2, 0.25) is 0 Å². The van der Waals surface area contributed by atoms with Gasteiger partial charge in [0.25, 0.3) is 0 Å². The first-order valence-corrected chi connectivity index (χ1v) is 10.1. The van der Waals surface area contributed by atoms with Crippen molar-refractivity contribution in [3.63, 3.8) is 0 Å². The maximum absolute atomic E-state index is 11.9. The number of Topliss-reactive ketones (excluding diaryl/α,β-unsaturated/α-hetero) is 1. The highest BCUT2D eigenvalue weighted by Gasteiger charge is 2.27. The number of rotatable bonds is 10. The van der Waals surface area contributed by atoms with Gasteiger partial charge in [0.1, 0.15) is 11.8 Å². The number of hydrogen-bond donors (Lipinski definition) is 2. The normalized spacial score (nSPS) is 13.5. The number of carboxylic acids is 1. The highest BCUT2D eigenvalue weighted by molar-refractivity contribution is 7.11. The minimum absolute atomic E-state index is 0.0334. The molecule has 2 N–H and O–H groups in total. The smallest absolute Gasteiger partial charge is 0.321 e. The molecule has 2 atom stereocenters. The Balaban J connectivity index is 2.18. The van der Waals surface area contributed by atoms with Gasteiger partial charge in [0.15, 0.2) is 0 Å². The highest BCUT2D eigenvalue weighted by atomic mass is 32.1. The zero-order valence-corrected chi connectivity index (χ0v) is 17.2. The van der Waals surface area contributed by atoms with Gasteiger partial charge >= 0.3 is 5.97 Å². The lowest BCUT2D eigenvalue weighted by Crippen LogP contribution is -2.48. The van der Waals surface area contributed by atoms with Crippen LogP contribution in [0.15, 0.2) is 30.3 Å². The molecular formula is C21H28N2O3S. The van der Waals surface area contributed by atoms with Crippen molar-refractivity contribution >= 4 is 23.1 Å². The SMILES string of the molecule is CC(=O)C(CC(C)C)NC(Cc1nc(C)sc1Cc1ccccc1)C(=O)O. The van der Waals surface area contributed by atoms with Gasteiger partial charge in [0.05, 0.1) is 16.7 Å². The van der Waals surface area contributed by atoms with E-state index in [0.717, 1.165) is 22.0 Å². The summed E-state index contributed by atoms with van der Waals surface area (Å²) >= 11 is 1.60. The van der Waals surface area contributed by atoms with Crippen LogP contribution < -0.4 is 5.32 Å². The fraction of sp³-hybridized carbons (Fsp3) is 0.476. The number of carboxylic acid groups (broad SMARTS) is 1. The van der Waals surface area contributed by atoms with Gasteiger partial charge in [-0.25, -0.2) is 4.98 Å². The van der Waals surface area contributed by atoms with E-state index in [4.69, 9.17) is 0 Å². The van der Waals surface area contributed by atoms with Gasteiger partial charge in [-0.3, -0.25) is 14.9 Å². The number of thiazole rings is 1. The van der Waals surface area contributed by atoms with Gasteiger partial charge in [-0.1, -0.05) is 44.2 Å². The fourth-order valence-electron chi connectivity index (χ4n) is 3.07. The Morgan fingerprint density at radius 1 is 1.19 bits per heavy atom. The molecule has 0 aliphatic rings. The summed E-state index contributed by atoms with van der Waals surface area (Å²) in [5.74, 6) is -0.689. The number of nitrogens with zero attached hydrogens (tertiary/aromatic N) is 1. The van der Waals surface area contributed by atoms with Crippen LogP contribution in [-0.4, -0.2) is 33.9 Å². The summed E-state index contributed by atoms with van der Waals surface area (Å²) in [7, 11) is 0. The lowest BCUT2D eigenvalue weighted by molar-refractivity contribution is -0.139. The van der Waals surface area contributed by atoms with E-state index in [1.807, 2.05) is 39.0 Å². The predicted octanol–water partition coefficient (Wildman–Crippen LogP) is 3.63. The molecule has 0 radical (unpaired) electrons. The lowest BCUT2D eigenvalue weighted by atomic mass is 9.98. The molecule has 1 aromatic carbocycles. The zero-order chi connectivity index (χ0) is 20.0. The van der Waals surface area contributed by atoms with Crippen LogP contribution in [0.3, 0.4) is 0 Å². The lowest BCUT2D eigenvalue weighted by Gasteiger charge is -2.22. The molecule has 0 saturated heterocycles. The number of hydrogen-bond acceptors (Lipinski definition) is 5. The molecule has 6 heteroatoms. The van der Waals surface area contributed by atoms with Gasteiger partial charge < -0.3 is 5.11 Å². The van der Waals surface area contributed by atoms with Crippen molar-refractivity contribution in [1.29, 1.82) is 0 Å². The zero-order valence-electron chi connectivity index (χ0n) is 16.4. The third-order valence-electron chi connectivity index (χ3n) is 4.39. The van der Waals surface area contributed by atoms with Crippen molar-refractivity contribution in [1.82, 2.24) is 10.3 Å². The first-order chi connectivity index (χ1) is 12.8. The topological polar surface area (TPSA) is 79.3 Å². The van der Waals surface area contributed by atoms with E-state index in [-0.39, 0.29) is 12.2 Å². The van der Waals surface area contributed by atoms with Crippen LogP contribution in [-0.2, 0) is 22.4 Å². The van der Waals surface area contributed by atoms with Crippen molar-refractivity contribution in [2.24, 2.45) is 5.92 Å². The maximum atomic E-state index is 11.9. The van der Waals surface area contributed by atoms with Crippen LogP contribution in [0.1, 0.15) is 48.3 Å². The number of carbonyl (C=O) groups excluding carboxylic acids is 1. The fourth-order valence-corrected chi connectivity index (χ4v) is 4.07. The second-order valence-corrected chi connectivity index (χ2v) is 8.61. The Morgan fingerprint density at radius 3 is 2.41 bits per heavy atom. The molecule has 0 amide bonds. The van der Waals surface area contributed by atoms with Gasteiger partial charge in [-0.2, -0.15) is 0 Å². The van der Waals surface area contributed by atoms with Crippen LogP contribution in [0.2, 0.25) is 0 Å². The molecule has 0 saturated carbocycles. The van der Waals surface area contributed by atoms with E-state index in [9.17, 15) is 14.7 Å². The minimum Gasteiger partial charge on any atom is -0.480 e. The van der Waals surface area contributed by atoms with Crippen molar-refractivity contribution < 1.29 is 14.7 Å². The summed E-state index contributed by atoms with van der Waals surface area (Å²) in [6.07, 6.45) is 1.62. The molecule has 2 unspecified atom stereocenters. The van der Waals surface area contributed by atoms with Crippen LogP contribution in [0, 0.1) is 12.8 Å². The molecule has 5 nitrogen and oxygen atoms in total. The number of aromatic nitrogens is 1. The van der Waals surface area contributed by atoms with Gasteiger partial charge in [-0.15, -0.1) is 11.3 Å². The number of aliphatic carboxylic acids is 1. The van der Waals surface area contributed by atoms with E-state index < -0.39 is 18.1 Å². The molecule has 0 spiro atoms. The summed E-state index contributed by atoms with van der Waals surface area (Å²) in [5.41, 5.74) is 1.97. The monoisotopic (exact) mass is 388 g/mol. The first-order valence-electron chi connectivity index (χ1n) is 9.24. The van der Waals surface area contributed by atoms with Crippen LogP contribution >= 0.6 is 11.3 Å². The summed E-state index contributed by atoms with van der Waals surface area (Å²) in [5, 5.41) is 13.7. The number of nitrogens with one attached hydrogen (secondary N) is 1. The quantitative estimate of drug-likeness (QED) is 0.650. The van der Waals surface area contributed by atoms with E-state index in [1.54, 1.807) is 11.3 Å². The molecule has 146 valence electrons. The third kappa shape index (κ3) is 6.56. The second-order valence-electron chi connectivity index (χ2n) is 7.32. The first kappa shape index (κ1) is 21.3. The third-order valence-corrected chi connectivity index (χ3v) is 5.40. The van der Waals surface area contributed by atoms with Crippen molar-refractivity contribution in [2.45, 2.75) is 59.0 Å². The second kappa shape index (κ2) is 9.76. The molecule has 1 aromatic heterocycles. The minimum atomic E-state index is -0.957. The summed E-state index contributed by atoms with van der Waals surface area (Å²) < 4.78 is 0. The largest absolute Gasteiger partial charge is 0.480 e. The molecule has 0 fully saturated rings. The summed E-state index contributed by atoms with van der Waals surface area (Å²) in [6, 6.07) is 8.78. The summed E-state index contributed by atoms with van der Waals surface area (Å²) in [4.78, 5) is 29.4. The molecule has 27 heavy (non-hydrogen) atoms. The molecule has 2 rings (SSSR count). The summed E-state index contributed by atoms with van der Waals surface area (Å²) in [6.45, 7) is 7.49. The molecule has 0 bridgehead atoms. The van der Waals surface area contributed by atoms with Gasteiger partial charge in [-0.05, 0) is 31.7 Å². The molecule has 0 aliphatic carbocycles. The number of ketones is 1. The van der Waals surface area contributed by atoms with E-state index in [0.29, 0.717) is 12.3 Å². The van der Waals surface area contributed by atoms with Crippen LogP contribution in [0.5, 0.6) is 0 Å². The number of benzene rings is 1. The molecule has 2 aromatic rings. The number of aryl methyl sites for hydroxylation is 1. The van der Waals surface area contributed by atoms with Crippen LogP contribution in [0.25, 0.3) is 0 Å². The van der Waals surface area contributed by atoms with Crippen molar-refractivity contribution in [2.75, 3.05) is 0 Å². The average molecular weight is 389 g/mol. The Labute approximate surface area is 164 Å². The van der Waals surface area contributed by atoms with Gasteiger partial charge in [0, 0.05) is 17.7 Å².